The second-order valence-electron chi connectivity index (χ2n) is 7.97. The van der Waals surface area contributed by atoms with E-state index in [0.29, 0.717) is 5.11 Å². The summed E-state index contributed by atoms with van der Waals surface area (Å²) >= 11 is 5.79. The Kier molecular flexibility index (Phi) is 5.37. The Balaban J connectivity index is 1.48. The molecule has 5 nitrogen and oxygen atoms in total. The van der Waals surface area contributed by atoms with E-state index in [1.165, 1.54) is 5.56 Å². The van der Waals surface area contributed by atoms with Gasteiger partial charge in [-0.1, -0.05) is 24.3 Å². The first-order chi connectivity index (χ1) is 15.6. The van der Waals surface area contributed by atoms with E-state index >= 15 is 0 Å². The number of hydrogen-bond acceptors (Lipinski definition) is 3. The van der Waals surface area contributed by atoms with Crippen molar-refractivity contribution in [2.75, 3.05) is 4.90 Å². The van der Waals surface area contributed by atoms with Crippen LogP contribution in [0.15, 0.2) is 91.4 Å². The SMILES string of the molecule is Cc1ccccc1Oc1ccc(N2C(=S)N[C@@H](c3ccccn3)[C@@H]2c2ccn(C)c2)cc1. The Morgan fingerprint density at radius 2 is 1.75 bits per heavy atom. The lowest BCUT2D eigenvalue weighted by Gasteiger charge is -2.27. The third kappa shape index (κ3) is 3.85. The minimum absolute atomic E-state index is 0.0123. The van der Waals surface area contributed by atoms with Crippen LogP contribution in [-0.2, 0) is 7.05 Å². The fourth-order valence-electron chi connectivity index (χ4n) is 4.14. The minimum atomic E-state index is -0.0472. The standard InChI is InChI=1S/C26H24N4OS/c1-18-7-3-4-9-23(18)31-21-12-10-20(11-13-21)30-25(19-14-16-29(2)17-19)24(28-26(30)32)22-8-5-6-15-27-22/h3-17,24-25H,1-2H3,(H,28,32)/t24-,25-/m0/s1. The smallest absolute Gasteiger partial charge is 0.174 e. The van der Waals surface area contributed by atoms with Crippen molar-refractivity contribution in [3.8, 4) is 11.5 Å². The van der Waals surface area contributed by atoms with E-state index in [2.05, 4.69) is 50.4 Å². The predicted molar refractivity (Wildman–Crippen MR) is 131 cm³/mol. The van der Waals surface area contributed by atoms with Crippen LogP contribution in [-0.4, -0.2) is 14.7 Å². The molecule has 0 amide bonds. The Bertz CT molecular complexity index is 1240. The summed E-state index contributed by atoms with van der Waals surface area (Å²) in [6.45, 7) is 2.04. The lowest BCUT2D eigenvalue weighted by atomic mass is 9.98. The van der Waals surface area contributed by atoms with E-state index in [-0.39, 0.29) is 12.1 Å². The van der Waals surface area contributed by atoms with Gasteiger partial charge in [-0.25, -0.2) is 0 Å². The fraction of sp³-hybridized carbons (Fsp3) is 0.154. The molecule has 160 valence electrons. The number of aryl methyl sites for hydroxylation is 2. The van der Waals surface area contributed by atoms with Crippen LogP contribution in [0.25, 0.3) is 0 Å². The monoisotopic (exact) mass is 440 g/mol. The number of aromatic nitrogens is 2. The Labute approximate surface area is 193 Å². The Hall–Kier alpha value is -3.64. The molecular formula is C26H24N4OS. The summed E-state index contributed by atoms with van der Waals surface area (Å²) in [7, 11) is 2.03. The van der Waals surface area contributed by atoms with Crippen molar-refractivity contribution in [3.63, 3.8) is 0 Å². The molecule has 0 radical (unpaired) electrons. The van der Waals surface area contributed by atoms with Crippen molar-refractivity contribution in [2.45, 2.75) is 19.0 Å². The highest BCUT2D eigenvalue weighted by Crippen LogP contribution is 2.42. The van der Waals surface area contributed by atoms with E-state index in [4.69, 9.17) is 17.0 Å². The summed E-state index contributed by atoms with van der Waals surface area (Å²) in [6.07, 6.45) is 6.02. The van der Waals surface area contributed by atoms with Crippen LogP contribution in [0.4, 0.5) is 5.69 Å². The third-order valence-corrected chi connectivity index (χ3v) is 6.05. The van der Waals surface area contributed by atoms with Crippen LogP contribution >= 0.6 is 12.2 Å². The van der Waals surface area contributed by atoms with Gasteiger partial charge in [-0.3, -0.25) is 4.98 Å². The maximum atomic E-state index is 6.08. The van der Waals surface area contributed by atoms with E-state index in [9.17, 15) is 0 Å². The topological polar surface area (TPSA) is 42.3 Å². The zero-order valence-corrected chi connectivity index (χ0v) is 18.8. The molecule has 0 unspecified atom stereocenters. The fourth-order valence-corrected chi connectivity index (χ4v) is 4.49. The molecule has 0 bridgehead atoms. The lowest BCUT2D eigenvalue weighted by molar-refractivity contribution is 0.479. The molecule has 1 aliphatic heterocycles. The molecule has 2 aromatic heterocycles. The molecular weight excluding hydrogens is 416 g/mol. The molecule has 6 heteroatoms. The summed E-state index contributed by atoms with van der Waals surface area (Å²) in [4.78, 5) is 6.77. The largest absolute Gasteiger partial charge is 0.457 e. The van der Waals surface area contributed by atoms with Gasteiger partial charge in [0.25, 0.3) is 0 Å². The molecule has 4 aromatic rings. The number of benzene rings is 2. The van der Waals surface area contributed by atoms with Crippen molar-refractivity contribution < 1.29 is 4.74 Å². The van der Waals surface area contributed by atoms with Crippen molar-refractivity contribution in [3.05, 3.63) is 108 Å². The molecule has 5 rings (SSSR count). The molecule has 1 aliphatic rings. The van der Waals surface area contributed by atoms with Gasteiger partial charge in [0.2, 0.25) is 0 Å². The zero-order chi connectivity index (χ0) is 22.1. The van der Waals surface area contributed by atoms with Crippen LogP contribution in [0.5, 0.6) is 11.5 Å². The summed E-state index contributed by atoms with van der Waals surface area (Å²) in [5.74, 6) is 1.65. The Morgan fingerprint density at radius 3 is 2.44 bits per heavy atom. The van der Waals surface area contributed by atoms with Crippen LogP contribution in [0.2, 0.25) is 0 Å². The summed E-state index contributed by atoms with van der Waals surface area (Å²) < 4.78 is 8.14. The summed E-state index contributed by atoms with van der Waals surface area (Å²) in [5.41, 5.74) is 4.25. The van der Waals surface area contributed by atoms with Gasteiger partial charge >= 0.3 is 0 Å². The van der Waals surface area contributed by atoms with Crippen molar-refractivity contribution in [1.82, 2.24) is 14.9 Å². The lowest BCUT2D eigenvalue weighted by Crippen LogP contribution is -2.29. The molecule has 1 fully saturated rings. The highest BCUT2D eigenvalue weighted by molar-refractivity contribution is 7.80. The van der Waals surface area contributed by atoms with Gasteiger partial charge in [-0.2, -0.15) is 0 Å². The maximum absolute atomic E-state index is 6.08. The normalized spacial score (nSPS) is 17.9. The molecule has 0 spiro atoms. The highest BCUT2D eigenvalue weighted by Gasteiger charge is 2.40. The number of para-hydroxylation sites is 1. The summed E-state index contributed by atoms with van der Waals surface area (Å²) in [5, 5.41) is 4.18. The maximum Gasteiger partial charge on any atom is 0.174 e. The average molecular weight is 441 g/mol. The molecule has 0 aliphatic carbocycles. The quantitative estimate of drug-likeness (QED) is 0.403. The molecule has 2 atom stereocenters. The van der Waals surface area contributed by atoms with Gasteiger partial charge in [0.15, 0.2) is 5.11 Å². The zero-order valence-electron chi connectivity index (χ0n) is 18.0. The number of anilines is 1. The molecule has 1 N–H and O–H groups in total. The van der Waals surface area contributed by atoms with Gasteiger partial charge in [0.05, 0.1) is 17.8 Å². The molecule has 32 heavy (non-hydrogen) atoms. The van der Waals surface area contributed by atoms with E-state index in [0.717, 1.165) is 28.4 Å². The molecule has 3 heterocycles. The van der Waals surface area contributed by atoms with Crippen molar-refractivity contribution in [2.24, 2.45) is 7.05 Å². The number of ether oxygens (including phenoxy) is 1. The number of thiocarbonyl (C=S) groups is 1. The highest BCUT2D eigenvalue weighted by atomic mass is 32.1. The van der Waals surface area contributed by atoms with Crippen LogP contribution in [0.1, 0.15) is 28.9 Å². The second kappa shape index (κ2) is 8.48. The van der Waals surface area contributed by atoms with Crippen molar-refractivity contribution >= 4 is 23.0 Å². The van der Waals surface area contributed by atoms with Gasteiger partial charge in [-0.05, 0) is 78.8 Å². The first-order valence-corrected chi connectivity index (χ1v) is 11.0. The number of nitrogens with zero attached hydrogens (tertiary/aromatic N) is 3. The van der Waals surface area contributed by atoms with E-state index < -0.39 is 0 Å². The van der Waals surface area contributed by atoms with Crippen LogP contribution in [0.3, 0.4) is 0 Å². The van der Waals surface area contributed by atoms with Crippen molar-refractivity contribution in [1.29, 1.82) is 0 Å². The number of rotatable bonds is 5. The number of pyridine rings is 1. The van der Waals surface area contributed by atoms with Crippen LogP contribution in [0, 0.1) is 6.92 Å². The molecule has 1 saturated heterocycles. The number of nitrogens with one attached hydrogen (secondary N) is 1. The third-order valence-electron chi connectivity index (χ3n) is 5.73. The Morgan fingerprint density at radius 1 is 0.969 bits per heavy atom. The first kappa shape index (κ1) is 20.3. The van der Waals surface area contributed by atoms with Gasteiger partial charge in [0, 0.05) is 31.3 Å². The molecule has 0 saturated carbocycles. The van der Waals surface area contributed by atoms with E-state index in [1.807, 2.05) is 74.8 Å². The van der Waals surface area contributed by atoms with Gasteiger partial charge < -0.3 is 19.5 Å². The minimum Gasteiger partial charge on any atom is -0.457 e. The first-order valence-electron chi connectivity index (χ1n) is 10.6. The van der Waals surface area contributed by atoms with Gasteiger partial charge in [0.1, 0.15) is 11.5 Å². The second-order valence-corrected chi connectivity index (χ2v) is 8.36. The van der Waals surface area contributed by atoms with Gasteiger partial charge in [-0.15, -0.1) is 0 Å². The van der Waals surface area contributed by atoms with Crippen LogP contribution < -0.4 is 15.0 Å². The summed E-state index contributed by atoms with van der Waals surface area (Å²) in [6, 6.07) is 24.1. The molecule has 2 aromatic carbocycles. The number of hydrogen-bond donors (Lipinski definition) is 1. The van der Waals surface area contributed by atoms with E-state index in [1.54, 1.807) is 0 Å². The predicted octanol–water partition coefficient (Wildman–Crippen LogP) is 5.70. The average Bonchev–Trinajstić information content (AvgIpc) is 3.39.